The first-order valence-electron chi connectivity index (χ1n) is 9.18. The summed E-state index contributed by atoms with van der Waals surface area (Å²) in [5, 5.41) is 10.3. The molecule has 2 nitrogen and oxygen atoms in total. The van der Waals surface area contributed by atoms with E-state index >= 15 is 0 Å². The largest absolute Gasteiger partial charge is 0.396 e. The number of aliphatic hydroxyl groups is 1. The number of aliphatic hydroxyl groups excluding tert-OH is 1. The van der Waals surface area contributed by atoms with Crippen molar-refractivity contribution in [3.63, 3.8) is 0 Å². The van der Waals surface area contributed by atoms with Gasteiger partial charge in [0.25, 0.3) is 0 Å². The second-order valence-corrected chi connectivity index (χ2v) is 7.81. The van der Waals surface area contributed by atoms with Crippen molar-refractivity contribution in [2.24, 2.45) is 23.2 Å². The van der Waals surface area contributed by atoms with E-state index in [1.54, 1.807) is 5.57 Å². The Balaban J connectivity index is 1.73. The lowest BCUT2D eigenvalue weighted by atomic mass is 9.55. The summed E-state index contributed by atoms with van der Waals surface area (Å²) < 4.78 is 0. The van der Waals surface area contributed by atoms with Crippen LogP contribution in [0, 0.1) is 35.0 Å². The number of rotatable bonds is 1. The zero-order chi connectivity index (χ0) is 16.0. The molecule has 2 heteroatoms. The second-order valence-electron chi connectivity index (χ2n) is 7.81. The highest BCUT2D eigenvalue weighted by Crippen LogP contribution is 2.61. The Labute approximate surface area is 139 Å². The van der Waals surface area contributed by atoms with Crippen LogP contribution < -0.4 is 0 Å². The molecule has 0 spiro atoms. The minimum atomic E-state index is 0.0312. The molecule has 0 heterocycles. The minimum Gasteiger partial charge on any atom is -0.396 e. The first-order chi connectivity index (χ1) is 11.2. The predicted octanol–water partition coefficient (Wildman–Crippen LogP) is 3.80. The van der Waals surface area contributed by atoms with Gasteiger partial charge in [-0.15, -0.1) is 5.92 Å². The van der Waals surface area contributed by atoms with Crippen molar-refractivity contribution in [3.8, 4) is 11.8 Å². The van der Waals surface area contributed by atoms with Crippen LogP contribution in [0.4, 0.5) is 0 Å². The lowest BCUT2D eigenvalue weighted by molar-refractivity contribution is -0.114. The molecule has 0 aromatic heterocycles. The summed E-state index contributed by atoms with van der Waals surface area (Å²) >= 11 is 0. The van der Waals surface area contributed by atoms with Crippen molar-refractivity contribution in [2.75, 3.05) is 6.61 Å². The number of carbonyl (C=O) groups excluding carboxylic acids is 1. The van der Waals surface area contributed by atoms with E-state index in [0.717, 1.165) is 38.5 Å². The van der Waals surface area contributed by atoms with Crippen LogP contribution >= 0.6 is 0 Å². The van der Waals surface area contributed by atoms with Gasteiger partial charge in [0.2, 0.25) is 0 Å². The van der Waals surface area contributed by atoms with Crippen LogP contribution in [-0.4, -0.2) is 17.5 Å². The molecule has 2 fully saturated rings. The first kappa shape index (κ1) is 15.2. The van der Waals surface area contributed by atoms with Crippen LogP contribution in [-0.2, 0) is 4.79 Å². The Kier molecular flexibility index (Phi) is 3.73. The number of carbonyl (C=O) groups is 1. The Bertz CT molecular complexity index is 657. The maximum Gasteiger partial charge on any atom is 0.156 e. The Hall–Kier alpha value is -1.33. The summed E-state index contributed by atoms with van der Waals surface area (Å²) in [5.74, 6) is 8.41. The Morgan fingerprint density at radius 2 is 2.09 bits per heavy atom. The van der Waals surface area contributed by atoms with Gasteiger partial charge in [0.15, 0.2) is 5.78 Å². The zero-order valence-corrected chi connectivity index (χ0v) is 14.0. The van der Waals surface area contributed by atoms with Crippen LogP contribution in [0.2, 0.25) is 0 Å². The van der Waals surface area contributed by atoms with Crippen LogP contribution in [0.1, 0.15) is 58.3 Å². The average Bonchev–Trinajstić information content (AvgIpc) is 2.94. The molecule has 4 rings (SSSR count). The summed E-state index contributed by atoms with van der Waals surface area (Å²) in [6.45, 7) is 2.21. The molecule has 0 aliphatic heterocycles. The quantitative estimate of drug-likeness (QED) is 0.748. The third-order valence-corrected chi connectivity index (χ3v) is 7.06. The number of hydrogen-bond donors (Lipinski definition) is 1. The normalized spacial score (nSPS) is 39.0. The Morgan fingerprint density at radius 1 is 1.22 bits per heavy atom. The molecule has 0 aromatic rings. The molecule has 2 saturated carbocycles. The van der Waals surface area contributed by atoms with Crippen molar-refractivity contribution in [1.29, 1.82) is 0 Å². The van der Waals surface area contributed by atoms with E-state index in [1.165, 1.54) is 17.6 Å². The van der Waals surface area contributed by atoms with Crippen molar-refractivity contribution < 1.29 is 9.90 Å². The van der Waals surface area contributed by atoms with Crippen molar-refractivity contribution in [1.82, 2.24) is 0 Å². The van der Waals surface area contributed by atoms with Gasteiger partial charge in [-0.2, -0.15) is 0 Å². The van der Waals surface area contributed by atoms with E-state index in [1.807, 2.05) is 13.0 Å². The van der Waals surface area contributed by atoms with Gasteiger partial charge < -0.3 is 5.11 Å². The topological polar surface area (TPSA) is 37.3 Å². The van der Waals surface area contributed by atoms with Gasteiger partial charge in [0.1, 0.15) is 0 Å². The molecular weight excluding hydrogens is 284 g/mol. The highest BCUT2D eigenvalue weighted by Gasteiger charge is 2.55. The zero-order valence-electron chi connectivity index (χ0n) is 14.0. The molecule has 1 N–H and O–H groups in total. The highest BCUT2D eigenvalue weighted by molar-refractivity contribution is 5.93. The molecular formula is C21H26O2. The summed E-state index contributed by atoms with van der Waals surface area (Å²) in [7, 11) is 0. The molecule has 4 aliphatic carbocycles. The van der Waals surface area contributed by atoms with Crippen LogP contribution in [0.15, 0.2) is 22.8 Å². The summed E-state index contributed by atoms with van der Waals surface area (Å²) in [6, 6.07) is 0. The molecule has 0 aromatic carbocycles. The van der Waals surface area contributed by atoms with Gasteiger partial charge in [-0.1, -0.05) is 11.5 Å². The molecule has 0 saturated heterocycles. The molecule has 4 aliphatic rings. The van der Waals surface area contributed by atoms with Gasteiger partial charge in [-0.3, -0.25) is 4.79 Å². The minimum absolute atomic E-state index is 0.0312. The fourth-order valence-electron chi connectivity index (χ4n) is 6.05. The van der Waals surface area contributed by atoms with Gasteiger partial charge in [0.05, 0.1) is 6.61 Å². The Morgan fingerprint density at radius 3 is 2.87 bits per heavy atom. The number of ketones is 1. The third-order valence-electron chi connectivity index (χ3n) is 7.06. The molecule has 122 valence electrons. The smallest absolute Gasteiger partial charge is 0.156 e. The summed E-state index contributed by atoms with van der Waals surface area (Å²) in [4.78, 5) is 11.7. The van der Waals surface area contributed by atoms with E-state index in [0.29, 0.717) is 30.0 Å². The summed E-state index contributed by atoms with van der Waals surface area (Å²) in [5.41, 5.74) is 4.50. The maximum absolute atomic E-state index is 11.7. The van der Waals surface area contributed by atoms with E-state index in [2.05, 4.69) is 11.8 Å². The lowest BCUT2D eigenvalue weighted by Crippen LogP contribution is -2.44. The molecule has 0 amide bonds. The fourth-order valence-corrected chi connectivity index (χ4v) is 6.05. The molecule has 0 radical (unpaired) electrons. The van der Waals surface area contributed by atoms with Gasteiger partial charge in [0, 0.05) is 17.8 Å². The molecule has 0 bridgehead atoms. The number of hydrogen-bond acceptors (Lipinski definition) is 2. The standard InChI is InChI=1S/C21H26O2/c1-2-3-15-5-9-20-19-7-4-14-12-16(23)6-8-17(14)18(19)10-11-21(15,20)13-22/h12,15,19-20,22H,4-11,13H2,1H3/t15-,19-,20+,21+/m1/s1. The molecule has 4 atom stereocenters. The summed E-state index contributed by atoms with van der Waals surface area (Å²) in [6.07, 6.45) is 10.3. The number of allylic oxidation sites excluding steroid dienone is 4. The second kappa shape index (κ2) is 5.64. The molecule has 0 unspecified atom stereocenters. The van der Waals surface area contributed by atoms with Gasteiger partial charge >= 0.3 is 0 Å². The monoisotopic (exact) mass is 310 g/mol. The maximum atomic E-state index is 11.7. The lowest BCUT2D eigenvalue weighted by Gasteiger charge is -2.49. The van der Waals surface area contributed by atoms with Crippen LogP contribution in [0.25, 0.3) is 0 Å². The SMILES string of the molecule is CC#C[C@@H]1CC[C@H]2[C@@H]3CCC4=CC(=O)CCC4=C3CC[C@]12CO. The van der Waals surface area contributed by atoms with E-state index in [4.69, 9.17) is 0 Å². The van der Waals surface area contributed by atoms with Gasteiger partial charge in [-0.05, 0) is 80.9 Å². The van der Waals surface area contributed by atoms with Crippen molar-refractivity contribution >= 4 is 5.78 Å². The van der Waals surface area contributed by atoms with Gasteiger partial charge in [-0.25, -0.2) is 0 Å². The van der Waals surface area contributed by atoms with Crippen molar-refractivity contribution in [2.45, 2.75) is 58.3 Å². The highest BCUT2D eigenvalue weighted by atomic mass is 16.3. The van der Waals surface area contributed by atoms with Crippen LogP contribution in [0.5, 0.6) is 0 Å². The average molecular weight is 310 g/mol. The van der Waals surface area contributed by atoms with Crippen molar-refractivity contribution in [3.05, 3.63) is 22.8 Å². The van der Waals surface area contributed by atoms with E-state index in [-0.39, 0.29) is 12.0 Å². The first-order valence-corrected chi connectivity index (χ1v) is 9.18. The van der Waals surface area contributed by atoms with E-state index < -0.39 is 0 Å². The number of fused-ring (bicyclic) bond motifs is 4. The molecule has 23 heavy (non-hydrogen) atoms. The van der Waals surface area contributed by atoms with Crippen LogP contribution in [0.3, 0.4) is 0 Å². The van der Waals surface area contributed by atoms with E-state index in [9.17, 15) is 9.90 Å². The fraction of sp³-hybridized carbons (Fsp3) is 0.667. The third kappa shape index (κ3) is 2.17. The predicted molar refractivity (Wildman–Crippen MR) is 90.5 cm³/mol.